The summed E-state index contributed by atoms with van der Waals surface area (Å²) in [6.07, 6.45) is 1.69. The molecule has 0 spiro atoms. The van der Waals surface area contributed by atoms with Crippen LogP contribution in [0.4, 0.5) is 15.3 Å². The molecule has 1 atom stereocenters. The molecular formula is C16H17FN6OS. The number of rotatable bonds is 3. The lowest BCUT2D eigenvalue weighted by Crippen LogP contribution is -2.41. The Labute approximate surface area is 147 Å². The molecule has 1 aliphatic rings. The normalized spacial score (nSPS) is 20.4. The van der Waals surface area contributed by atoms with Gasteiger partial charge in [0.1, 0.15) is 5.82 Å². The largest absolute Gasteiger partial charge is 0.353 e. The topological polar surface area (TPSA) is 75.4 Å². The highest BCUT2D eigenvalue weighted by atomic mass is 32.1. The number of nitrogens with one attached hydrogen (secondary N) is 1. The standard InChI is InChI=1S/C16H17FN6OS/c1-10-8-13(23-12(19-10)7-11(2)21-23)22-5-3-16(17,9-22)14(24)20-15-18-4-6-25-15/h4,6-8H,3,5,9H2,1-2H3,(H,18,20,24). The lowest BCUT2D eigenvalue weighted by molar-refractivity contribution is -0.126. The zero-order valence-electron chi connectivity index (χ0n) is 13.9. The average molecular weight is 360 g/mol. The summed E-state index contributed by atoms with van der Waals surface area (Å²) in [5.41, 5.74) is 0.422. The molecule has 9 heteroatoms. The van der Waals surface area contributed by atoms with Crippen molar-refractivity contribution in [3.63, 3.8) is 0 Å². The zero-order chi connectivity index (χ0) is 17.6. The van der Waals surface area contributed by atoms with Gasteiger partial charge in [-0.2, -0.15) is 9.61 Å². The third-order valence-electron chi connectivity index (χ3n) is 4.26. The van der Waals surface area contributed by atoms with Crippen molar-refractivity contribution in [2.24, 2.45) is 0 Å². The van der Waals surface area contributed by atoms with Crippen molar-refractivity contribution in [3.8, 4) is 0 Å². The first-order valence-electron chi connectivity index (χ1n) is 7.93. The number of anilines is 2. The number of hydrogen-bond acceptors (Lipinski definition) is 6. The molecule has 0 aliphatic carbocycles. The first kappa shape index (κ1) is 15.9. The fourth-order valence-electron chi connectivity index (χ4n) is 3.07. The molecule has 1 N–H and O–H groups in total. The van der Waals surface area contributed by atoms with Crippen LogP contribution in [0.15, 0.2) is 23.7 Å². The van der Waals surface area contributed by atoms with Gasteiger partial charge in [0.2, 0.25) is 5.67 Å². The van der Waals surface area contributed by atoms with Crippen LogP contribution in [0.5, 0.6) is 0 Å². The smallest absolute Gasteiger partial charge is 0.265 e. The maximum absolute atomic E-state index is 15.2. The molecule has 3 aromatic heterocycles. The van der Waals surface area contributed by atoms with Crippen molar-refractivity contribution in [2.45, 2.75) is 25.9 Å². The van der Waals surface area contributed by atoms with Crippen molar-refractivity contribution in [2.75, 3.05) is 23.3 Å². The monoisotopic (exact) mass is 360 g/mol. The van der Waals surface area contributed by atoms with Gasteiger partial charge in [0, 0.05) is 42.4 Å². The number of alkyl halides is 1. The second-order valence-electron chi connectivity index (χ2n) is 6.24. The Hall–Kier alpha value is -2.55. The molecule has 0 saturated carbocycles. The van der Waals surface area contributed by atoms with E-state index in [2.05, 4.69) is 20.4 Å². The molecule has 0 bridgehead atoms. The number of thiazole rings is 1. The number of fused-ring (bicyclic) bond motifs is 1. The molecule has 4 heterocycles. The van der Waals surface area contributed by atoms with Crippen molar-refractivity contribution < 1.29 is 9.18 Å². The van der Waals surface area contributed by atoms with Gasteiger partial charge in [-0.05, 0) is 13.8 Å². The maximum Gasteiger partial charge on any atom is 0.265 e. The summed E-state index contributed by atoms with van der Waals surface area (Å²) in [6, 6.07) is 3.74. The van der Waals surface area contributed by atoms with Gasteiger partial charge in [0.05, 0.1) is 12.2 Å². The summed E-state index contributed by atoms with van der Waals surface area (Å²) in [4.78, 5) is 22.6. The van der Waals surface area contributed by atoms with Crippen molar-refractivity contribution in [3.05, 3.63) is 35.1 Å². The van der Waals surface area contributed by atoms with Gasteiger partial charge < -0.3 is 4.90 Å². The molecule has 1 amide bonds. The quantitative estimate of drug-likeness (QED) is 0.776. The Morgan fingerprint density at radius 3 is 2.96 bits per heavy atom. The Morgan fingerprint density at radius 2 is 2.20 bits per heavy atom. The van der Waals surface area contributed by atoms with Crippen LogP contribution in [0.25, 0.3) is 5.65 Å². The van der Waals surface area contributed by atoms with Gasteiger partial charge in [0.15, 0.2) is 10.8 Å². The summed E-state index contributed by atoms with van der Waals surface area (Å²) < 4.78 is 16.9. The second-order valence-corrected chi connectivity index (χ2v) is 7.13. The van der Waals surface area contributed by atoms with Gasteiger partial charge in [0.25, 0.3) is 5.91 Å². The molecule has 7 nitrogen and oxygen atoms in total. The fraction of sp³-hybridized carbons (Fsp3) is 0.375. The average Bonchev–Trinajstić information content (AvgIpc) is 3.26. The molecule has 0 radical (unpaired) electrons. The Bertz CT molecular complexity index is 940. The Balaban J connectivity index is 1.61. The molecule has 3 aromatic rings. The third-order valence-corrected chi connectivity index (χ3v) is 4.95. The number of aryl methyl sites for hydroxylation is 2. The third kappa shape index (κ3) is 2.84. The predicted molar refractivity (Wildman–Crippen MR) is 93.9 cm³/mol. The lowest BCUT2D eigenvalue weighted by Gasteiger charge is -2.22. The molecule has 1 saturated heterocycles. The van der Waals surface area contributed by atoms with Gasteiger partial charge in [-0.3, -0.25) is 10.1 Å². The van der Waals surface area contributed by atoms with Gasteiger partial charge in [-0.25, -0.2) is 14.4 Å². The molecule has 4 rings (SSSR count). The number of carbonyl (C=O) groups is 1. The van der Waals surface area contributed by atoms with E-state index in [4.69, 9.17) is 0 Å². The minimum Gasteiger partial charge on any atom is -0.353 e. The highest BCUT2D eigenvalue weighted by Crippen LogP contribution is 2.31. The fourth-order valence-corrected chi connectivity index (χ4v) is 3.59. The molecule has 25 heavy (non-hydrogen) atoms. The SMILES string of the molecule is Cc1cc(N2CCC(F)(C(=O)Nc3nccs3)C2)n2nc(C)cc2n1. The van der Waals surface area contributed by atoms with E-state index in [9.17, 15) is 4.79 Å². The van der Waals surface area contributed by atoms with Crippen LogP contribution < -0.4 is 10.2 Å². The second kappa shape index (κ2) is 5.76. The first-order valence-corrected chi connectivity index (χ1v) is 8.81. The summed E-state index contributed by atoms with van der Waals surface area (Å²) >= 11 is 1.27. The van der Waals surface area contributed by atoms with Crippen LogP contribution in [0.3, 0.4) is 0 Å². The van der Waals surface area contributed by atoms with E-state index in [-0.39, 0.29) is 13.0 Å². The summed E-state index contributed by atoms with van der Waals surface area (Å²) in [6.45, 7) is 4.18. The number of nitrogens with zero attached hydrogens (tertiary/aromatic N) is 5. The maximum atomic E-state index is 15.2. The Kier molecular flexibility index (Phi) is 3.68. The predicted octanol–water partition coefficient (Wildman–Crippen LogP) is 2.36. The number of hydrogen-bond donors (Lipinski definition) is 1. The summed E-state index contributed by atoms with van der Waals surface area (Å²) in [5.74, 6) is 0.0980. The van der Waals surface area contributed by atoms with Crippen LogP contribution in [-0.2, 0) is 4.79 Å². The van der Waals surface area contributed by atoms with Crippen LogP contribution in [0.2, 0.25) is 0 Å². The van der Waals surface area contributed by atoms with Crippen LogP contribution in [-0.4, -0.2) is 44.2 Å². The van der Waals surface area contributed by atoms with Crippen molar-refractivity contribution >= 4 is 33.8 Å². The molecule has 1 fully saturated rings. The van der Waals surface area contributed by atoms with Gasteiger partial charge >= 0.3 is 0 Å². The van der Waals surface area contributed by atoms with Crippen molar-refractivity contribution in [1.82, 2.24) is 19.6 Å². The number of carbonyl (C=O) groups excluding carboxylic acids is 1. The molecular weight excluding hydrogens is 343 g/mol. The van der Waals surface area contributed by atoms with E-state index in [1.165, 1.54) is 11.3 Å². The molecule has 1 aliphatic heterocycles. The number of halogens is 1. The lowest BCUT2D eigenvalue weighted by atomic mass is 10.1. The number of aromatic nitrogens is 4. The molecule has 0 aromatic carbocycles. The van der Waals surface area contributed by atoms with Crippen molar-refractivity contribution in [1.29, 1.82) is 0 Å². The van der Waals surface area contributed by atoms with E-state index >= 15 is 4.39 Å². The van der Waals surface area contributed by atoms with Crippen LogP contribution in [0, 0.1) is 13.8 Å². The van der Waals surface area contributed by atoms with E-state index in [0.29, 0.717) is 11.7 Å². The zero-order valence-corrected chi connectivity index (χ0v) is 14.7. The Morgan fingerprint density at radius 1 is 1.36 bits per heavy atom. The van der Waals surface area contributed by atoms with E-state index in [1.807, 2.05) is 30.9 Å². The summed E-state index contributed by atoms with van der Waals surface area (Å²) in [7, 11) is 0. The molecule has 1 unspecified atom stereocenters. The first-order chi connectivity index (χ1) is 11.9. The minimum absolute atomic E-state index is 0.0261. The van der Waals surface area contributed by atoms with E-state index in [1.54, 1.807) is 16.1 Å². The highest BCUT2D eigenvalue weighted by Gasteiger charge is 2.46. The molecule has 130 valence electrons. The van der Waals surface area contributed by atoms with Gasteiger partial charge in [-0.15, -0.1) is 11.3 Å². The highest BCUT2D eigenvalue weighted by molar-refractivity contribution is 7.13. The van der Waals surface area contributed by atoms with Crippen LogP contribution >= 0.6 is 11.3 Å². The van der Waals surface area contributed by atoms with Crippen LogP contribution in [0.1, 0.15) is 17.8 Å². The summed E-state index contributed by atoms with van der Waals surface area (Å²) in [5, 5.41) is 9.14. The van der Waals surface area contributed by atoms with Gasteiger partial charge in [-0.1, -0.05) is 0 Å². The minimum atomic E-state index is -1.96. The van der Waals surface area contributed by atoms with E-state index in [0.717, 1.165) is 22.9 Å². The number of amides is 1. The van der Waals surface area contributed by atoms with E-state index < -0.39 is 11.6 Å².